The van der Waals surface area contributed by atoms with Crippen molar-refractivity contribution < 1.29 is 0 Å². The molecule has 1 heterocycles. The Bertz CT molecular complexity index is 1120. The van der Waals surface area contributed by atoms with Gasteiger partial charge in [0.2, 0.25) is 0 Å². The number of benzene rings is 3. The van der Waals surface area contributed by atoms with E-state index in [-0.39, 0.29) is 0 Å². The number of hydrogen-bond donors (Lipinski definition) is 0. The van der Waals surface area contributed by atoms with Crippen LogP contribution in [0.15, 0.2) is 72.8 Å². The summed E-state index contributed by atoms with van der Waals surface area (Å²) in [6.45, 7) is 0. The molecule has 0 saturated heterocycles. The molecule has 2 aliphatic rings. The van der Waals surface area contributed by atoms with Crippen molar-refractivity contribution in [3.8, 4) is 0 Å². The fourth-order valence-electron chi connectivity index (χ4n) is 3.91. The second kappa shape index (κ2) is 7.40. The van der Waals surface area contributed by atoms with E-state index in [2.05, 4.69) is 70.7 Å². The molecular formula is C26H22N2. The summed E-state index contributed by atoms with van der Waals surface area (Å²) in [5, 5.41) is 2.71. The first-order valence-corrected chi connectivity index (χ1v) is 9.97. The number of aryl methyl sites for hydroxylation is 2. The molecule has 6 rings (SSSR count). The highest BCUT2D eigenvalue weighted by Gasteiger charge is 2.08. The lowest BCUT2D eigenvalue weighted by Crippen LogP contribution is -2.01. The third-order valence-electron chi connectivity index (χ3n) is 5.38. The van der Waals surface area contributed by atoms with E-state index in [4.69, 9.17) is 0 Å². The summed E-state index contributed by atoms with van der Waals surface area (Å²) in [7, 11) is 0. The molecule has 0 atom stereocenters. The van der Waals surface area contributed by atoms with Gasteiger partial charge in [-0.15, -0.1) is 0 Å². The quantitative estimate of drug-likeness (QED) is 0.362. The maximum Gasteiger partial charge on any atom is 0.0894 e. The lowest BCUT2D eigenvalue weighted by Gasteiger charge is -2.11. The maximum atomic E-state index is 4.60. The molecule has 0 N–H and O–H groups in total. The number of fused-ring (bicyclic) bond motifs is 4. The van der Waals surface area contributed by atoms with E-state index in [1.165, 1.54) is 34.7 Å². The average Bonchev–Trinajstić information content (AvgIpc) is 2.76. The van der Waals surface area contributed by atoms with Crippen molar-refractivity contribution >= 4 is 34.0 Å². The van der Waals surface area contributed by atoms with Crippen molar-refractivity contribution in [3.05, 3.63) is 95.3 Å². The molecule has 28 heavy (non-hydrogen) atoms. The molecule has 0 unspecified atom stereocenters. The topological polar surface area (TPSA) is 25.8 Å². The minimum Gasteiger partial charge on any atom is -0.249 e. The Hall–Kier alpha value is -3.26. The normalized spacial score (nSPS) is 14.3. The van der Waals surface area contributed by atoms with Crippen LogP contribution in [0.1, 0.15) is 35.4 Å². The summed E-state index contributed by atoms with van der Waals surface area (Å²) >= 11 is 0. The monoisotopic (exact) mass is 362 g/mol. The second-order valence-electron chi connectivity index (χ2n) is 7.32. The van der Waals surface area contributed by atoms with E-state index < -0.39 is 0 Å². The molecule has 0 amide bonds. The van der Waals surface area contributed by atoms with Gasteiger partial charge in [0.15, 0.2) is 0 Å². The van der Waals surface area contributed by atoms with Gasteiger partial charge in [0.05, 0.1) is 22.4 Å². The molecule has 0 aliphatic heterocycles. The fraction of sp³-hybridized carbons (Fsp3) is 0.154. The molecule has 0 spiro atoms. The Kier molecular flexibility index (Phi) is 4.46. The predicted molar refractivity (Wildman–Crippen MR) is 118 cm³/mol. The van der Waals surface area contributed by atoms with Crippen molar-refractivity contribution in [3.63, 3.8) is 0 Å². The zero-order valence-corrected chi connectivity index (χ0v) is 15.8. The summed E-state index contributed by atoms with van der Waals surface area (Å²) in [5.41, 5.74) is 7.04. The number of nitrogens with zero attached hydrogens (tertiary/aromatic N) is 2. The van der Waals surface area contributed by atoms with E-state index in [9.17, 15) is 0 Å². The average molecular weight is 362 g/mol. The van der Waals surface area contributed by atoms with Gasteiger partial charge in [-0.05, 0) is 71.9 Å². The molecule has 0 saturated carbocycles. The van der Waals surface area contributed by atoms with Crippen molar-refractivity contribution in [1.29, 1.82) is 0 Å². The highest BCUT2D eigenvalue weighted by Crippen LogP contribution is 2.25. The zero-order valence-electron chi connectivity index (χ0n) is 15.8. The van der Waals surface area contributed by atoms with Crippen LogP contribution >= 0.6 is 0 Å². The molecule has 0 bridgehead atoms. The standard InChI is InChI=1S/C14H12.C12H10N2/c1-2-6-12-10-14-8-4-3-7-13(14)9-11(12)5-1;1-2-6-10-9(5-1)13-11-7-3-4-8-12(11)14-10/h1-3,5-7,9-10H,4,8H2;1-3,5-7H,4,8H2. The third-order valence-corrected chi connectivity index (χ3v) is 5.38. The first kappa shape index (κ1) is 16.9. The van der Waals surface area contributed by atoms with Crippen molar-refractivity contribution in [2.24, 2.45) is 0 Å². The summed E-state index contributed by atoms with van der Waals surface area (Å²) < 4.78 is 0. The number of allylic oxidation sites excluding steroid dienone is 2. The number of aromatic nitrogens is 2. The number of para-hydroxylation sites is 2. The third kappa shape index (κ3) is 3.34. The Morgan fingerprint density at radius 1 is 0.643 bits per heavy atom. The van der Waals surface area contributed by atoms with Crippen molar-refractivity contribution in [2.75, 3.05) is 0 Å². The molecule has 0 fully saturated rings. The van der Waals surface area contributed by atoms with Gasteiger partial charge >= 0.3 is 0 Å². The molecular weight excluding hydrogens is 340 g/mol. The van der Waals surface area contributed by atoms with Gasteiger partial charge in [0.25, 0.3) is 0 Å². The van der Waals surface area contributed by atoms with Gasteiger partial charge < -0.3 is 0 Å². The van der Waals surface area contributed by atoms with Crippen molar-refractivity contribution in [2.45, 2.75) is 25.7 Å². The van der Waals surface area contributed by atoms with Crippen LogP contribution in [0.4, 0.5) is 0 Å². The predicted octanol–water partition coefficient (Wildman–Crippen LogP) is 6.39. The van der Waals surface area contributed by atoms with Gasteiger partial charge in [-0.3, -0.25) is 0 Å². The Morgan fingerprint density at radius 2 is 1.32 bits per heavy atom. The van der Waals surface area contributed by atoms with Gasteiger partial charge in [-0.25, -0.2) is 9.97 Å². The minimum absolute atomic E-state index is 0.984. The van der Waals surface area contributed by atoms with Crippen LogP contribution in [-0.4, -0.2) is 9.97 Å². The van der Waals surface area contributed by atoms with Crippen LogP contribution in [0.5, 0.6) is 0 Å². The molecule has 2 heteroatoms. The van der Waals surface area contributed by atoms with E-state index in [1.54, 1.807) is 0 Å². The van der Waals surface area contributed by atoms with E-state index >= 15 is 0 Å². The highest BCUT2D eigenvalue weighted by molar-refractivity contribution is 5.86. The highest BCUT2D eigenvalue weighted by atomic mass is 14.8. The first-order chi connectivity index (χ1) is 13.9. The Labute approximate surface area is 165 Å². The Morgan fingerprint density at radius 3 is 2.18 bits per heavy atom. The lowest BCUT2D eigenvalue weighted by atomic mass is 9.94. The summed E-state index contributed by atoms with van der Waals surface area (Å²) in [6, 6.07) is 21.2. The van der Waals surface area contributed by atoms with Crippen LogP contribution in [0.25, 0.3) is 34.0 Å². The molecule has 136 valence electrons. The zero-order chi connectivity index (χ0) is 18.8. The number of rotatable bonds is 0. The molecule has 4 aromatic rings. The maximum absolute atomic E-state index is 4.60. The van der Waals surface area contributed by atoms with Crippen LogP contribution in [0.3, 0.4) is 0 Å². The first-order valence-electron chi connectivity index (χ1n) is 9.97. The number of hydrogen-bond acceptors (Lipinski definition) is 2. The van der Waals surface area contributed by atoms with Crippen LogP contribution in [0.2, 0.25) is 0 Å². The molecule has 3 aromatic carbocycles. The summed E-state index contributed by atoms with van der Waals surface area (Å²) in [6.07, 6.45) is 13.2. The van der Waals surface area contributed by atoms with E-state index in [0.29, 0.717) is 0 Å². The molecule has 2 aliphatic carbocycles. The summed E-state index contributed by atoms with van der Waals surface area (Å²) in [4.78, 5) is 9.17. The minimum atomic E-state index is 0.984. The smallest absolute Gasteiger partial charge is 0.0894 e. The second-order valence-corrected chi connectivity index (χ2v) is 7.32. The summed E-state index contributed by atoms with van der Waals surface area (Å²) in [5.74, 6) is 0. The fourth-order valence-corrected chi connectivity index (χ4v) is 3.91. The van der Waals surface area contributed by atoms with Gasteiger partial charge in [-0.2, -0.15) is 0 Å². The van der Waals surface area contributed by atoms with E-state index in [1.807, 2.05) is 24.3 Å². The van der Waals surface area contributed by atoms with Crippen LogP contribution < -0.4 is 0 Å². The van der Waals surface area contributed by atoms with E-state index in [0.717, 1.165) is 35.3 Å². The molecule has 1 aromatic heterocycles. The van der Waals surface area contributed by atoms with Crippen LogP contribution in [-0.2, 0) is 12.8 Å². The van der Waals surface area contributed by atoms with Crippen molar-refractivity contribution in [1.82, 2.24) is 9.97 Å². The largest absolute Gasteiger partial charge is 0.249 e. The molecule has 2 nitrogen and oxygen atoms in total. The Balaban J connectivity index is 0.000000122. The van der Waals surface area contributed by atoms with Crippen LogP contribution in [0, 0.1) is 0 Å². The lowest BCUT2D eigenvalue weighted by molar-refractivity contribution is 0.920. The molecule has 0 radical (unpaired) electrons. The van der Waals surface area contributed by atoms with Gasteiger partial charge in [-0.1, -0.05) is 60.7 Å². The SMILES string of the molecule is C1=Cc2cc3ccccc3cc2CC1.C1=Cc2nc3ccccc3nc2CC1. The van der Waals surface area contributed by atoms with Gasteiger partial charge in [0.1, 0.15) is 0 Å². The van der Waals surface area contributed by atoms with Gasteiger partial charge in [0, 0.05) is 0 Å².